The molecule has 0 saturated heterocycles. The van der Waals surface area contributed by atoms with Gasteiger partial charge in [0, 0.05) is 64.0 Å². The number of ether oxygens (including phenoxy) is 1. The van der Waals surface area contributed by atoms with E-state index in [1.165, 1.54) is 6.20 Å². The lowest BCUT2D eigenvalue weighted by Crippen LogP contribution is -2.20. The van der Waals surface area contributed by atoms with Crippen molar-refractivity contribution in [3.8, 4) is 11.1 Å². The maximum atomic E-state index is 15.2. The minimum atomic E-state index is -0.994. The van der Waals surface area contributed by atoms with Crippen LogP contribution < -0.4 is 15.6 Å². The van der Waals surface area contributed by atoms with Crippen LogP contribution in [0.4, 0.5) is 20.2 Å². The standard InChI is InChI=1S/C26H24F2N6O3/c1-6-37-26(36)15-11-34(5)25-13(23(15)35)7-12(9-31-25)14-10-30-24-19(22(14)33(3)4)18-20(28)16(27)8-17(29-2)21(18)32-24/h7-11,29H,6H2,1-5H3,(H,30,32). The SMILES string of the molecule is CCOC(=O)c1cn(C)c2ncc(-c3cnc4[nH]c5c(NC)cc(F)c(F)c5c4c3N(C)C)cc2c1=O. The average molecular weight is 507 g/mol. The molecule has 0 aliphatic rings. The summed E-state index contributed by atoms with van der Waals surface area (Å²) in [6.07, 6.45) is 4.56. The number of aromatic amines is 1. The summed E-state index contributed by atoms with van der Waals surface area (Å²) in [7, 11) is 6.85. The van der Waals surface area contributed by atoms with Crippen LogP contribution in [0.3, 0.4) is 0 Å². The van der Waals surface area contributed by atoms with E-state index in [0.29, 0.717) is 44.7 Å². The van der Waals surface area contributed by atoms with Crippen molar-refractivity contribution in [1.82, 2.24) is 19.5 Å². The Morgan fingerprint density at radius 1 is 1.19 bits per heavy atom. The van der Waals surface area contributed by atoms with E-state index in [-0.39, 0.29) is 22.9 Å². The molecule has 11 heteroatoms. The van der Waals surface area contributed by atoms with Gasteiger partial charge in [0.05, 0.1) is 39.7 Å². The topological polar surface area (TPSA) is 105 Å². The van der Waals surface area contributed by atoms with Crippen LogP contribution in [0.5, 0.6) is 0 Å². The summed E-state index contributed by atoms with van der Waals surface area (Å²) in [6.45, 7) is 1.79. The number of hydrogen-bond donors (Lipinski definition) is 2. The number of aryl methyl sites for hydroxylation is 1. The molecule has 0 bridgehead atoms. The minimum Gasteiger partial charge on any atom is -0.462 e. The molecule has 5 rings (SSSR count). The lowest BCUT2D eigenvalue weighted by Gasteiger charge is -2.19. The third-order valence-corrected chi connectivity index (χ3v) is 6.30. The molecular formula is C26H24F2N6O3. The average Bonchev–Trinajstić information content (AvgIpc) is 3.27. The van der Waals surface area contributed by atoms with Crippen molar-refractivity contribution < 1.29 is 18.3 Å². The van der Waals surface area contributed by atoms with Gasteiger partial charge in [-0.1, -0.05) is 0 Å². The fourth-order valence-electron chi connectivity index (χ4n) is 4.68. The first kappa shape index (κ1) is 24.2. The van der Waals surface area contributed by atoms with Crippen LogP contribution in [0.25, 0.3) is 44.1 Å². The molecule has 1 aromatic carbocycles. The van der Waals surface area contributed by atoms with Crippen LogP contribution >= 0.6 is 0 Å². The van der Waals surface area contributed by atoms with E-state index in [1.807, 2.05) is 0 Å². The second-order valence-electron chi connectivity index (χ2n) is 8.78. The van der Waals surface area contributed by atoms with Gasteiger partial charge in [-0.15, -0.1) is 0 Å². The molecule has 0 aliphatic heterocycles. The summed E-state index contributed by atoms with van der Waals surface area (Å²) < 4.78 is 36.3. The van der Waals surface area contributed by atoms with Crippen molar-refractivity contribution in [2.75, 3.05) is 38.0 Å². The highest BCUT2D eigenvalue weighted by molar-refractivity contribution is 6.18. The van der Waals surface area contributed by atoms with Crippen molar-refractivity contribution in [1.29, 1.82) is 0 Å². The maximum Gasteiger partial charge on any atom is 0.343 e. The van der Waals surface area contributed by atoms with Gasteiger partial charge >= 0.3 is 5.97 Å². The normalized spacial score (nSPS) is 11.4. The number of H-pyrrole nitrogens is 1. The number of fused-ring (bicyclic) bond motifs is 4. The first-order valence-corrected chi connectivity index (χ1v) is 11.5. The molecule has 0 radical (unpaired) electrons. The maximum absolute atomic E-state index is 15.2. The summed E-state index contributed by atoms with van der Waals surface area (Å²) in [5.74, 6) is -2.70. The highest BCUT2D eigenvalue weighted by Crippen LogP contribution is 2.42. The molecule has 37 heavy (non-hydrogen) atoms. The van der Waals surface area contributed by atoms with E-state index in [2.05, 4.69) is 20.3 Å². The number of esters is 1. The first-order chi connectivity index (χ1) is 17.7. The fraction of sp³-hybridized carbons (Fsp3) is 0.231. The Kier molecular flexibility index (Phi) is 5.77. The Labute approximate surface area is 209 Å². The Hall–Kier alpha value is -4.54. The number of benzene rings is 1. The molecule has 0 saturated carbocycles. The van der Waals surface area contributed by atoms with Gasteiger partial charge in [0.1, 0.15) is 16.9 Å². The van der Waals surface area contributed by atoms with Gasteiger partial charge < -0.3 is 24.5 Å². The third kappa shape index (κ3) is 3.65. The molecule has 0 unspecified atom stereocenters. The molecular weight excluding hydrogens is 482 g/mol. The Morgan fingerprint density at radius 3 is 2.62 bits per heavy atom. The number of halogens is 2. The number of nitrogens with zero attached hydrogens (tertiary/aromatic N) is 4. The summed E-state index contributed by atoms with van der Waals surface area (Å²) in [4.78, 5) is 39.4. The number of nitrogens with one attached hydrogen (secondary N) is 2. The molecule has 190 valence electrons. The quantitative estimate of drug-likeness (QED) is 0.345. The summed E-state index contributed by atoms with van der Waals surface area (Å²) in [6, 6.07) is 2.71. The van der Waals surface area contributed by atoms with E-state index in [9.17, 15) is 14.0 Å². The lowest BCUT2D eigenvalue weighted by atomic mass is 10.0. The van der Waals surface area contributed by atoms with E-state index in [0.717, 1.165) is 6.07 Å². The second-order valence-corrected chi connectivity index (χ2v) is 8.78. The van der Waals surface area contributed by atoms with Crippen molar-refractivity contribution >= 4 is 50.3 Å². The van der Waals surface area contributed by atoms with Gasteiger partial charge in [-0.25, -0.2) is 23.5 Å². The minimum absolute atomic E-state index is 0.0617. The molecule has 0 atom stereocenters. The number of anilines is 2. The zero-order chi connectivity index (χ0) is 26.6. The van der Waals surface area contributed by atoms with Gasteiger partial charge in [0.25, 0.3) is 0 Å². The smallest absolute Gasteiger partial charge is 0.343 e. The monoisotopic (exact) mass is 506 g/mol. The summed E-state index contributed by atoms with van der Waals surface area (Å²) >= 11 is 0. The van der Waals surface area contributed by atoms with E-state index in [4.69, 9.17) is 4.74 Å². The molecule has 0 fully saturated rings. The molecule has 9 nitrogen and oxygen atoms in total. The highest BCUT2D eigenvalue weighted by atomic mass is 19.2. The third-order valence-electron chi connectivity index (χ3n) is 6.30. The van der Waals surface area contributed by atoms with Crippen LogP contribution in [0.15, 0.2) is 35.5 Å². The fourth-order valence-corrected chi connectivity index (χ4v) is 4.68. The van der Waals surface area contributed by atoms with Gasteiger partial charge in [0.2, 0.25) is 5.43 Å². The van der Waals surface area contributed by atoms with Crippen molar-refractivity contribution in [2.24, 2.45) is 7.05 Å². The summed E-state index contributed by atoms with van der Waals surface area (Å²) in [5.41, 5.74) is 2.52. The van der Waals surface area contributed by atoms with Crippen LogP contribution in [0.2, 0.25) is 0 Å². The number of carbonyl (C=O) groups excluding carboxylic acids is 1. The Balaban J connectivity index is 1.85. The van der Waals surface area contributed by atoms with Crippen LogP contribution in [0.1, 0.15) is 17.3 Å². The molecule has 4 heterocycles. The first-order valence-electron chi connectivity index (χ1n) is 11.5. The van der Waals surface area contributed by atoms with Gasteiger partial charge in [-0.3, -0.25) is 4.79 Å². The zero-order valence-corrected chi connectivity index (χ0v) is 20.9. The van der Waals surface area contributed by atoms with E-state index in [1.54, 1.807) is 63.0 Å². The Bertz CT molecular complexity index is 1790. The molecule has 0 aliphatic carbocycles. The van der Waals surface area contributed by atoms with Crippen LogP contribution in [-0.2, 0) is 11.8 Å². The molecule has 5 aromatic rings. The van der Waals surface area contributed by atoms with Crippen molar-refractivity contribution in [3.05, 3.63) is 58.1 Å². The predicted molar refractivity (Wildman–Crippen MR) is 139 cm³/mol. The van der Waals surface area contributed by atoms with Gasteiger partial charge in [-0.2, -0.15) is 0 Å². The van der Waals surface area contributed by atoms with Crippen molar-refractivity contribution in [3.63, 3.8) is 0 Å². The van der Waals surface area contributed by atoms with Gasteiger partial charge in [0.15, 0.2) is 11.6 Å². The number of carbonyl (C=O) groups is 1. The molecule has 2 N–H and O–H groups in total. The summed E-state index contributed by atoms with van der Waals surface area (Å²) in [5, 5.41) is 3.55. The van der Waals surface area contributed by atoms with Gasteiger partial charge in [-0.05, 0) is 13.0 Å². The second kappa shape index (κ2) is 8.84. The van der Waals surface area contributed by atoms with E-state index >= 15 is 4.39 Å². The lowest BCUT2D eigenvalue weighted by molar-refractivity contribution is 0.0524. The van der Waals surface area contributed by atoms with Crippen LogP contribution in [-0.4, -0.2) is 53.2 Å². The number of aromatic nitrogens is 4. The Morgan fingerprint density at radius 2 is 1.95 bits per heavy atom. The van der Waals surface area contributed by atoms with Crippen molar-refractivity contribution in [2.45, 2.75) is 6.92 Å². The molecule has 0 amide bonds. The predicted octanol–water partition coefficient (Wildman–Crippen LogP) is 4.19. The largest absolute Gasteiger partial charge is 0.462 e. The highest BCUT2D eigenvalue weighted by Gasteiger charge is 2.24. The number of pyridine rings is 3. The molecule has 4 aromatic heterocycles. The number of hydrogen-bond acceptors (Lipinski definition) is 7. The van der Waals surface area contributed by atoms with E-state index < -0.39 is 23.0 Å². The molecule has 0 spiro atoms. The zero-order valence-electron chi connectivity index (χ0n) is 20.9. The number of rotatable bonds is 5. The van der Waals surface area contributed by atoms with Crippen LogP contribution in [0, 0.1) is 11.6 Å².